The van der Waals surface area contributed by atoms with Gasteiger partial charge in [-0.05, 0) is 54.6 Å². The molecule has 0 fully saturated rings. The van der Waals surface area contributed by atoms with Crippen LogP contribution in [0.3, 0.4) is 0 Å². The lowest BCUT2D eigenvalue weighted by Crippen LogP contribution is -2.27. The zero-order chi connectivity index (χ0) is 35.3. The van der Waals surface area contributed by atoms with Gasteiger partial charge in [0.15, 0.2) is 0 Å². The summed E-state index contributed by atoms with van der Waals surface area (Å²) in [5, 5.41) is 2.46. The molecular formula is C39H38O12. The molecule has 0 spiro atoms. The first-order valence-corrected chi connectivity index (χ1v) is 16.8. The van der Waals surface area contributed by atoms with Gasteiger partial charge in [-0.2, -0.15) is 0 Å². The Morgan fingerprint density at radius 3 is 1.18 bits per heavy atom. The third kappa shape index (κ3) is 10.8. The fourth-order valence-corrected chi connectivity index (χ4v) is 5.17. The van der Waals surface area contributed by atoms with Gasteiger partial charge in [-0.3, -0.25) is 0 Å². The van der Waals surface area contributed by atoms with Crippen molar-refractivity contribution in [3.63, 3.8) is 0 Å². The lowest BCUT2D eigenvalue weighted by molar-refractivity contribution is -0.0637. The van der Waals surface area contributed by atoms with Crippen LogP contribution in [0, 0.1) is 0 Å². The topological polar surface area (TPSA) is 146 Å². The van der Waals surface area contributed by atoms with Gasteiger partial charge in [-0.25, -0.2) is 14.4 Å². The lowest BCUT2D eigenvalue weighted by Gasteiger charge is -2.19. The predicted octanol–water partition coefficient (Wildman–Crippen LogP) is 6.13. The monoisotopic (exact) mass is 698 g/mol. The van der Waals surface area contributed by atoms with E-state index in [1.54, 1.807) is 36.4 Å². The van der Waals surface area contributed by atoms with Crippen molar-refractivity contribution >= 4 is 32.9 Å². The highest BCUT2D eigenvalue weighted by atomic mass is 16.6. The summed E-state index contributed by atoms with van der Waals surface area (Å²) in [5.41, 5.74) is 0.191. The molecule has 51 heavy (non-hydrogen) atoms. The van der Waals surface area contributed by atoms with Crippen LogP contribution in [0.15, 0.2) is 119 Å². The number of rotatable bonds is 20. The van der Waals surface area contributed by atoms with E-state index in [9.17, 15) is 14.4 Å². The standard InChI is InChI=1S/C39H38O12/c40-37-13-7-27-4-10-30(22-34(27)49-37)45-18-1-16-43-25-33(48-21-3-20-47-32-12-6-29-9-15-39(42)51-36(29)24-32)26-44-17-2-19-46-31-11-5-28-8-14-38(41)50-35(28)23-31/h4-15,22-24,33H,1-3,16-21,25-26H2. The molecule has 0 aliphatic heterocycles. The molecule has 0 atom stereocenters. The van der Waals surface area contributed by atoms with E-state index in [1.165, 1.54) is 18.2 Å². The van der Waals surface area contributed by atoms with Crippen LogP contribution in [0.1, 0.15) is 19.3 Å². The highest BCUT2D eigenvalue weighted by Gasteiger charge is 2.11. The predicted molar refractivity (Wildman–Crippen MR) is 189 cm³/mol. The molecule has 0 unspecified atom stereocenters. The number of hydrogen-bond donors (Lipinski definition) is 0. The molecule has 6 rings (SSSR count). The third-order valence-corrected chi connectivity index (χ3v) is 7.71. The number of ether oxygens (including phenoxy) is 6. The van der Waals surface area contributed by atoms with Gasteiger partial charge >= 0.3 is 16.9 Å². The molecular weight excluding hydrogens is 660 g/mol. The van der Waals surface area contributed by atoms with Crippen LogP contribution in [0.25, 0.3) is 32.9 Å². The SMILES string of the molecule is O=c1ccc2ccc(OCCCOCC(COCCCOc3ccc4ccc(=O)oc4c3)OCCCOc3ccc4ccc(=O)oc4c3)cc2o1. The van der Waals surface area contributed by atoms with Crippen molar-refractivity contribution in [2.45, 2.75) is 25.4 Å². The average Bonchev–Trinajstić information content (AvgIpc) is 3.13. The molecule has 0 saturated carbocycles. The second-order valence-corrected chi connectivity index (χ2v) is 11.6. The molecule has 0 N–H and O–H groups in total. The van der Waals surface area contributed by atoms with Crippen molar-refractivity contribution in [2.24, 2.45) is 0 Å². The van der Waals surface area contributed by atoms with Crippen LogP contribution >= 0.6 is 0 Å². The average molecular weight is 699 g/mol. The summed E-state index contributed by atoms with van der Waals surface area (Å²) in [6.07, 6.45) is 1.58. The smallest absolute Gasteiger partial charge is 0.336 e. The molecule has 0 radical (unpaired) electrons. The summed E-state index contributed by atoms with van der Waals surface area (Å²) in [4.78, 5) is 34.6. The number of fused-ring (bicyclic) bond motifs is 3. The first-order valence-electron chi connectivity index (χ1n) is 16.8. The van der Waals surface area contributed by atoms with Crippen LogP contribution in [0.2, 0.25) is 0 Å². The highest BCUT2D eigenvalue weighted by Crippen LogP contribution is 2.22. The summed E-state index contributed by atoms with van der Waals surface area (Å²) in [7, 11) is 0. The molecule has 0 aliphatic rings. The quantitative estimate of drug-likeness (QED) is 0.0668. The summed E-state index contributed by atoms with van der Waals surface area (Å²) in [6, 6.07) is 25.4. The van der Waals surface area contributed by atoms with Crippen LogP contribution in [-0.2, 0) is 14.2 Å². The van der Waals surface area contributed by atoms with Gasteiger partial charge in [-0.15, -0.1) is 0 Å². The summed E-state index contributed by atoms with van der Waals surface area (Å²) in [6.45, 7) is 3.21. The van der Waals surface area contributed by atoms with Crippen LogP contribution in [0.5, 0.6) is 17.2 Å². The largest absolute Gasteiger partial charge is 0.493 e. The van der Waals surface area contributed by atoms with E-state index in [0.717, 1.165) is 16.2 Å². The normalized spacial score (nSPS) is 11.5. The molecule has 0 aliphatic carbocycles. The maximum Gasteiger partial charge on any atom is 0.336 e. The highest BCUT2D eigenvalue weighted by molar-refractivity contribution is 5.79. The molecule has 12 nitrogen and oxygen atoms in total. The minimum atomic E-state index is -0.411. The van der Waals surface area contributed by atoms with Gasteiger partial charge in [0, 0.05) is 85.0 Å². The molecule has 0 amide bonds. The molecule has 266 valence electrons. The van der Waals surface area contributed by atoms with Gasteiger partial charge in [0.25, 0.3) is 0 Å². The zero-order valence-electron chi connectivity index (χ0n) is 27.9. The van der Waals surface area contributed by atoms with Crippen molar-refractivity contribution < 1.29 is 41.7 Å². The Balaban J connectivity index is 0.915. The summed E-state index contributed by atoms with van der Waals surface area (Å²) in [5.74, 6) is 1.82. The minimum Gasteiger partial charge on any atom is -0.493 e. The third-order valence-electron chi connectivity index (χ3n) is 7.71. The summed E-state index contributed by atoms with van der Waals surface area (Å²) < 4.78 is 51.1. The van der Waals surface area contributed by atoms with Gasteiger partial charge in [-0.1, -0.05) is 0 Å². The molecule has 12 heteroatoms. The van der Waals surface area contributed by atoms with Gasteiger partial charge in [0.2, 0.25) is 0 Å². The first-order chi connectivity index (χ1) is 25.0. The Hall–Kier alpha value is -5.43. The lowest BCUT2D eigenvalue weighted by atomic mass is 10.2. The second-order valence-electron chi connectivity index (χ2n) is 11.6. The number of benzene rings is 3. The summed E-state index contributed by atoms with van der Waals surface area (Å²) >= 11 is 0. The second kappa shape index (κ2) is 18.0. The van der Waals surface area contributed by atoms with E-state index in [-0.39, 0.29) is 6.10 Å². The van der Waals surface area contributed by atoms with E-state index in [0.29, 0.717) is 106 Å². The molecule has 0 bridgehead atoms. The van der Waals surface area contributed by atoms with Gasteiger partial charge in [0.05, 0.1) is 39.6 Å². The Morgan fingerprint density at radius 2 is 0.784 bits per heavy atom. The first kappa shape index (κ1) is 35.4. The van der Waals surface area contributed by atoms with Crippen LogP contribution in [-0.4, -0.2) is 59.0 Å². The van der Waals surface area contributed by atoms with Gasteiger partial charge < -0.3 is 41.7 Å². The van der Waals surface area contributed by atoms with E-state index in [4.69, 9.17) is 41.7 Å². The molecule has 6 aromatic rings. The van der Waals surface area contributed by atoms with Crippen molar-refractivity contribution in [3.8, 4) is 17.2 Å². The van der Waals surface area contributed by atoms with Crippen molar-refractivity contribution in [1.29, 1.82) is 0 Å². The fraction of sp³-hybridized carbons (Fsp3) is 0.308. The fourth-order valence-electron chi connectivity index (χ4n) is 5.17. The Morgan fingerprint density at radius 1 is 0.431 bits per heavy atom. The van der Waals surface area contributed by atoms with Gasteiger partial charge in [0.1, 0.15) is 40.1 Å². The number of hydrogen-bond acceptors (Lipinski definition) is 12. The Kier molecular flexibility index (Phi) is 12.5. The van der Waals surface area contributed by atoms with E-state index in [2.05, 4.69) is 0 Å². The van der Waals surface area contributed by atoms with E-state index < -0.39 is 16.9 Å². The van der Waals surface area contributed by atoms with Crippen molar-refractivity contribution in [3.05, 3.63) is 122 Å². The molecule has 3 aromatic heterocycles. The van der Waals surface area contributed by atoms with Crippen molar-refractivity contribution in [2.75, 3.05) is 52.9 Å². The maximum absolute atomic E-state index is 11.5. The van der Waals surface area contributed by atoms with E-state index in [1.807, 2.05) is 36.4 Å². The maximum atomic E-state index is 11.5. The molecule has 3 heterocycles. The minimum absolute atomic E-state index is 0.312. The molecule has 3 aromatic carbocycles. The van der Waals surface area contributed by atoms with Crippen molar-refractivity contribution in [1.82, 2.24) is 0 Å². The van der Waals surface area contributed by atoms with Crippen LogP contribution < -0.4 is 31.1 Å². The zero-order valence-corrected chi connectivity index (χ0v) is 27.9. The Bertz CT molecular complexity index is 2100. The Labute approximate surface area is 292 Å². The van der Waals surface area contributed by atoms with E-state index >= 15 is 0 Å². The molecule has 0 saturated heterocycles. The van der Waals surface area contributed by atoms with Crippen LogP contribution in [0.4, 0.5) is 0 Å².